The largest absolute Gasteiger partial charge is 0.493 e. The number of amides is 1. The van der Waals surface area contributed by atoms with Crippen LogP contribution in [0.5, 0.6) is 11.5 Å². The summed E-state index contributed by atoms with van der Waals surface area (Å²) >= 11 is 0. The molecule has 0 saturated carbocycles. The van der Waals surface area contributed by atoms with Crippen molar-refractivity contribution < 1.29 is 33.3 Å². The van der Waals surface area contributed by atoms with E-state index in [0.717, 1.165) is 12.8 Å². The van der Waals surface area contributed by atoms with Crippen LogP contribution in [0, 0.1) is 11.8 Å². The lowest BCUT2D eigenvalue weighted by Gasteiger charge is -2.25. The lowest BCUT2D eigenvalue weighted by atomic mass is 9.90. The molecule has 1 aliphatic rings. The third kappa shape index (κ3) is 6.41. The Labute approximate surface area is 176 Å². The van der Waals surface area contributed by atoms with Gasteiger partial charge < -0.3 is 24.3 Å². The van der Waals surface area contributed by atoms with Gasteiger partial charge in [0.1, 0.15) is 6.10 Å². The van der Waals surface area contributed by atoms with E-state index in [0.29, 0.717) is 12.5 Å². The summed E-state index contributed by atoms with van der Waals surface area (Å²) in [6.45, 7) is 7.73. The van der Waals surface area contributed by atoms with Crippen LogP contribution >= 0.6 is 0 Å². The fourth-order valence-electron chi connectivity index (χ4n) is 3.34. The summed E-state index contributed by atoms with van der Waals surface area (Å²) in [4.78, 5) is 40.9. The van der Waals surface area contributed by atoms with Gasteiger partial charge >= 0.3 is 11.9 Å². The zero-order valence-corrected chi connectivity index (χ0v) is 18.1. The Morgan fingerprint density at radius 1 is 1.37 bits per heavy atom. The first-order chi connectivity index (χ1) is 14.2. The molecule has 1 fully saturated rings. The van der Waals surface area contributed by atoms with Gasteiger partial charge in [-0.25, -0.2) is 9.78 Å². The molecule has 1 N–H and O–H groups in total. The van der Waals surface area contributed by atoms with Crippen LogP contribution in [0.1, 0.15) is 51.0 Å². The molecular formula is C21H30N2O7. The van der Waals surface area contributed by atoms with Crippen molar-refractivity contribution in [3.05, 3.63) is 18.0 Å². The zero-order valence-electron chi connectivity index (χ0n) is 18.1. The maximum atomic E-state index is 12.8. The maximum absolute atomic E-state index is 12.8. The van der Waals surface area contributed by atoms with Gasteiger partial charge in [0.05, 0.1) is 13.7 Å². The molecule has 0 aromatic carbocycles. The van der Waals surface area contributed by atoms with Crippen LogP contribution in [0.15, 0.2) is 12.3 Å². The number of hydrogen-bond acceptors (Lipinski definition) is 8. The monoisotopic (exact) mass is 422 g/mol. The average molecular weight is 422 g/mol. The van der Waals surface area contributed by atoms with E-state index in [1.54, 1.807) is 0 Å². The second-order valence-corrected chi connectivity index (χ2v) is 7.71. The van der Waals surface area contributed by atoms with Crippen LogP contribution in [-0.2, 0) is 19.1 Å². The summed E-state index contributed by atoms with van der Waals surface area (Å²) in [6.07, 6.45) is 2.72. The van der Waals surface area contributed by atoms with Crippen LogP contribution in [0.4, 0.5) is 0 Å². The Hall–Kier alpha value is -2.68. The number of cyclic esters (lactones) is 1. The van der Waals surface area contributed by atoms with Gasteiger partial charge in [-0.3, -0.25) is 9.59 Å². The normalized spacial score (nSPS) is 22.3. The van der Waals surface area contributed by atoms with Crippen molar-refractivity contribution >= 4 is 17.8 Å². The molecule has 0 unspecified atom stereocenters. The first-order valence-electron chi connectivity index (χ1n) is 10.0. The molecule has 1 amide bonds. The number of carbonyl (C=O) groups is 3. The number of rotatable bonds is 6. The molecule has 9 nitrogen and oxygen atoms in total. The lowest BCUT2D eigenvalue weighted by molar-refractivity contribution is -0.153. The molecule has 2 heterocycles. The van der Waals surface area contributed by atoms with Gasteiger partial charge in [0.2, 0.25) is 5.75 Å². The summed E-state index contributed by atoms with van der Waals surface area (Å²) in [5, 5.41) is 2.57. The van der Waals surface area contributed by atoms with Gasteiger partial charge in [-0.05, 0) is 31.6 Å². The van der Waals surface area contributed by atoms with Gasteiger partial charge in [-0.2, -0.15) is 0 Å². The predicted octanol–water partition coefficient (Wildman–Crippen LogP) is 2.13. The molecule has 30 heavy (non-hydrogen) atoms. The number of esters is 2. The van der Waals surface area contributed by atoms with Gasteiger partial charge in [-0.1, -0.05) is 13.8 Å². The molecule has 0 bridgehead atoms. The van der Waals surface area contributed by atoms with E-state index in [1.807, 2.05) is 6.92 Å². The number of ether oxygens (including phenoxy) is 4. The van der Waals surface area contributed by atoms with Gasteiger partial charge in [0.15, 0.2) is 17.5 Å². The first-order valence-corrected chi connectivity index (χ1v) is 10.0. The van der Waals surface area contributed by atoms with Crippen LogP contribution in [0.2, 0.25) is 0 Å². The smallest absolute Gasteiger partial charge is 0.331 e. The molecule has 1 aromatic rings. The molecule has 0 spiro atoms. The highest BCUT2D eigenvalue weighted by Gasteiger charge is 2.31. The number of methoxy groups -OCH3 is 1. The molecular weight excluding hydrogens is 392 g/mol. The van der Waals surface area contributed by atoms with Crippen molar-refractivity contribution in [2.24, 2.45) is 11.8 Å². The standard InChI is InChI=1S/C21H30N2O7/c1-12(2)10-15-7-9-28-11-16(21(26)29-13(15)3)23-20(25)18-19(30-14(4)24)17(27-5)6-8-22-18/h6,8,12-13,15-16H,7,9-11H2,1-5H3,(H,23,25)/t13-,15-,16-/m0/s1. The van der Waals surface area contributed by atoms with Crippen molar-refractivity contribution in [1.82, 2.24) is 10.3 Å². The molecule has 3 atom stereocenters. The number of nitrogens with one attached hydrogen (secondary N) is 1. The molecule has 0 aliphatic carbocycles. The molecule has 1 saturated heterocycles. The van der Waals surface area contributed by atoms with Crippen molar-refractivity contribution in [3.8, 4) is 11.5 Å². The number of hydrogen-bond donors (Lipinski definition) is 1. The van der Waals surface area contributed by atoms with E-state index >= 15 is 0 Å². The Balaban J connectivity index is 2.18. The third-order valence-corrected chi connectivity index (χ3v) is 4.80. The molecule has 1 aliphatic heterocycles. The van der Waals surface area contributed by atoms with Crippen molar-refractivity contribution in [2.75, 3.05) is 20.3 Å². The van der Waals surface area contributed by atoms with Crippen LogP contribution in [0.3, 0.4) is 0 Å². The highest BCUT2D eigenvalue weighted by Crippen LogP contribution is 2.30. The SMILES string of the molecule is COc1ccnc(C(=O)N[C@H]2COCC[C@@H](CC(C)C)[C@H](C)OC2=O)c1OC(C)=O. The van der Waals surface area contributed by atoms with Crippen LogP contribution in [-0.4, -0.2) is 55.3 Å². The molecule has 1 aromatic heterocycles. The second-order valence-electron chi connectivity index (χ2n) is 7.71. The van der Waals surface area contributed by atoms with E-state index in [-0.39, 0.29) is 35.8 Å². The quantitative estimate of drug-likeness (QED) is 0.694. The summed E-state index contributed by atoms with van der Waals surface area (Å²) in [7, 11) is 1.38. The fraction of sp³-hybridized carbons (Fsp3) is 0.619. The summed E-state index contributed by atoms with van der Waals surface area (Å²) in [6, 6.07) is 0.444. The van der Waals surface area contributed by atoms with E-state index < -0.39 is 23.9 Å². The van der Waals surface area contributed by atoms with E-state index in [1.165, 1.54) is 26.3 Å². The second kappa shape index (κ2) is 10.9. The van der Waals surface area contributed by atoms with E-state index in [9.17, 15) is 14.4 Å². The lowest BCUT2D eigenvalue weighted by Crippen LogP contribution is -2.46. The Morgan fingerprint density at radius 3 is 2.73 bits per heavy atom. The molecule has 0 radical (unpaired) electrons. The Morgan fingerprint density at radius 2 is 2.10 bits per heavy atom. The first kappa shape index (κ1) is 23.6. The minimum absolute atomic E-state index is 0.0292. The summed E-state index contributed by atoms with van der Waals surface area (Å²) in [5.74, 6) is -1.22. The maximum Gasteiger partial charge on any atom is 0.331 e. The summed E-state index contributed by atoms with van der Waals surface area (Å²) < 4.78 is 21.5. The number of pyridine rings is 1. The minimum Gasteiger partial charge on any atom is -0.493 e. The van der Waals surface area contributed by atoms with Crippen LogP contribution in [0.25, 0.3) is 0 Å². The van der Waals surface area contributed by atoms with Crippen molar-refractivity contribution in [2.45, 2.75) is 52.7 Å². The highest BCUT2D eigenvalue weighted by molar-refractivity contribution is 5.98. The van der Waals surface area contributed by atoms with Crippen molar-refractivity contribution in [1.29, 1.82) is 0 Å². The predicted molar refractivity (Wildman–Crippen MR) is 107 cm³/mol. The van der Waals surface area contributed by atoms with Gasteiger partial charge in [0.25, 0.3) is 5.91 Å². The third-order valence-electron chi connectivity index (χ3n) is 4.80. The van der Waals surface area contributed by atoms with Gasteiger partial charge in [0, 0.05) is 25.8 Å². The van der Waals surface area contributed by atoms with Crippen LogP contribution < -0.4 is 14.8 Å². The average Bonchev–Trinajstić information content (AvgIpc) is 2.73. The Bertz CT molecular complexity index is 766. The van der Waals surface area contributed by atoms with E-state index in [4.69, 9.17) is 18.9 Å². The molecule has 2 rings (SSSR count). The van der Waals surface area contributed by atoms with Crippen molar-refractivity contribution in [3.63, 3.8) is 0 Å². The van der Waals surface area contributed by atoms with E-state index in [2.05, 4.69) is 24.1 Å². The Kier molecular flexibility index (Phi) is 8.58. The number of aromatic nitrogens is 1. The number of nitrogens with zero attached hydrogens (tertiary/aromatic N) is 1. The topological polar surface area (TPSA) is 113 Å². The zero-order chi connectivity index (χ0) is 22.3. The fourth-order valence-corrected chi connectivity index (χ4v) is 3.34. The highest BCUT2D eigenvalue weighted by atomic mass is 16.6. The summed E-state index contributed by atoms with van der Waals surface area (Å²) in [5.41, 5.74) is -0.178. The minimum atomic E-state index is -1.02. The molecule has 9 heteroatoms. The van der Waals surface area contributed by atoms with Gasteiger partial charge in [-0.15, -0.1) is 0 Å². The molecule has 166 valence electrons. The number of carbonyl (C=O) groups excluding carboxylic acids is 3.